The highest BCUT2D eigenvalue weighted by molar-refractivity contribution is 7.71. The normalized spacial score (nSPS) is 12.3. The molecule has 3 rings (SSSR count). The Bertz CT molecular complexity index is 1060. The van der Waals surface area contributed by atoms with Gasteiger partial charge in [-0.05, 0) is 63.3 Å². The molecule has 2 heterocycles. The Morgan fingerprint density at radius 1 is 1.36 bits per heavy atom. The van der Waals surface area contributed by atoms with Crippen LogP contribution in [0.25, 0.3) is 10.9 Å². The number of benzene rings is 1. The van der Waals surface area contributed by atoms with E-state index in [1.165, 1.54) is 4.57 Å². The second-order valence-corrected chi connectivity index (χ2v) is 6.27. The van der Waals surface area contributed by atoms with Gasteiger partial charge >= 0.3 is 0 Å². The lowest BCUT2D eigenvalue weighted by Crippen LogP contribution is -2.26. The average Bonchev–Trinajstić information content (AvgIpc) is 3.01. The summed E-state index contributed by atoms with van der Waals surface area (Å²) >= 11 is 5.21. The largest absolute Gasteiger partial charge is 0.464 e. The molecule has 6 nitrogen and oxygen atoms in total. The topological polar surface area (TPSA) is 80.0 Å². The van der Waals surface area contributed by atoms with Gasteiger partial charge in [-0.15, -0.1) is 0 Å². The highest BCUT2D eigenvalue weighted by Gasteiger charge is 2.15. The Morgan fingerprint density at radius 2 is 2.12 bits per heavy atom. The molecule has 3 aromatic rings. The summed E-state index contributed by atoms with van der Waals surface area (Å²) in [6, 6.07) is 8.35. The maximum atomic E-state index is 12.5. The van der Waals surface area contributed by atoms with E-state index >= 15 is 0 Å². The number of aromatic amines is 1. The first-order valence-electron chi connectivity index (χ1n) is 8.04. The fourth-order valence-corrected chi connectivity index (χ4v) is 3.04. The molecule has 25 heavy (non-hydrogen) atoms. The first kappa shape index (κ1) is 17.2. The van der Waals surface area contributed by atoms with E-state index in [0.717, 1.165) is 5.76 Å². The molecule has 0 aliphatic carbocycles. The number of aryl methyl sites for hydroxylation is 1. The Morgan fingerprint density at radius 3 is 2.76 bits per heavy atom. The van der Waals surface area contributed by atoms with Gasteiger partial charge in [0.15, 0.2) is 4.77 Å². The van der Waals surface area contributed by atoms with Gasteiger partial charge in [-0.1, -0.05) is 0 Å². The zero-order valence-electron chi connectivity index (χ0n) is 14.3. The lowest BCUT2D eigenvalue weighted by molar-refractivity contribution is 0.0935. The van der Waals surface area contributed by atoms with Gasteiger partial charge in [0.2, 0.25) is 0 Å². The van der Waals surface area contributed by atoms with Crippen molar-refractivity contribution in [2.45, 2.75) is 33.4 Å². The van der Waals surface area contributed by atoms with Crippen LogP contribution < -0.4 is 10.9 Å². The lowest BCUT2D eigenvalue weighted by Gasteiger charge is -2.12. The number of carbonyl (C=O) groups is 1. The van der Waals surface area contributed by atoms with Crippen molar-refractivity contribution in [2.24, 2.45) is 0 Å². The number of H-pyrrole nitrogens is 1. The summed E-state index contributed by atoms with van der Waals surface area (Å²) in [6.07, 6.45) is 0. The van der Waals surface area contributed by atoms with Crippen LogP contribution in [0, 0.1) is 11.7 Å². The molecule has 0 saturated heterocycles. The van der Waals surface area contributed by atoms with Gasteiger partial charge in [-0.25, -0.2) is 0 Å². The number of aromatic nitrogens is 2. The lowest BCUT2D eigenvalue weighted by atomic mass is 10.1. The van der Waals surface area contributed by atoms with Crippen LogP contribution in [-0.2, 0) is 6.54 Å². The van der Waals surface area contributed by atoms with E-state index in [-0.39, 0.29) is 17.5 Å². The van der Waals surface area contributed by atoms with Gasteiger partial charge in [0, 0.05) is 12.1 Å². The fraction of sp³-hybridized carbons (Fsp3) is 0.278. The minimum absolute atomic E-state index is 0.160. The number of carbonyl (C=O) groups excluding carboxylic acids is 1. The van der Waals surface area contributed by atoms with Gasteiger partial charge in [-0.3, -0.25) is 14.2 Å². The van der Waals surface area contributed by atoms with Gasteiger partial charge < -0.3 is 14.7 Å². The van der Waals surface area contributed by atoms with Crippen molar-refractivity contribution in [1.29, 1.82) is 0 Å². The van der Waals surface area contributed by atoms with Crippen molar-refractivity contribution < 1.29 is 9.21 Å². The summed E-state index contributed by atoms with van der Waals surface area (Å²) in [6.45, 7) is 6.06. The molecule has 7 heteroatoms. The van der Waals surface area contributed by atoms with Crippen molar-refractivity contribution >= 4 is 29.0 Å². The molecule has 130 valence electrons. The van der Waals surface area contributed by atoms with E-state index in [4.69, 9.17) is 16.6 Å². The maximum Gasteiger partial charge on any atom is 0.262 e. The fourth-order valence-electron chi connectivity index (χ4n) is 2.72. The number of hydrogen-bond acceptors (Lipinski definition) is 4. The van der Waals surface area contributed by atoms with Crippen LogP contribution in [0.3, 0.4) is 0 Å². The first-order chi connectivity index (χ1) is 11.9. The minimum atomic E-state index is -0.261. The Labute approximate surface area is 149 Å². The monoisotopic (exact) mass is 357 g/mol. The summed E-state index contributed by atoms with van der Waals surface area (Å²) in [4.78, 5) is 27.9. The number of nitrogens with one attached hydrogen (secondary N) is 2. The van der Waals surface area contributed by atoms with Crippen molar-refractivity contribution in [3.8, 4) is 0 Å². The van der Waals surface area contributed by atoms with Crippen LogP contribution in [0.1, 0.15) is 41.8 Å². The number of nitrogens with zero attached hydrogens (tertiary/aromatic N) is 1. The molecule has 0 unspecified atom stereocenters. The standard InChI is InChI=1S/C18H19N3O3S/c1-4-21-17(23)13-7-6-12(9-14(13)20-18(21)25)16(22)19-11(3)15-8-5-10(2)24-15/h5-9,11H,4H2,1-3H3,(H,19,22)(H,20,25)/t11-/m0/s1. The smallest absolute Gasteiger partial charge is 0.262 e. The van der Waals surface area contributed by atoms with Crippen molar-refractivity contribution in [2.75, 3.05) is 0 Å². The Hall–Kier alpha value is -2.67. The SMILES string of the molecule is CCn1c(=S)[nH]c2cc(C(=O)N[C@@H](C)c3ccc(C)o3)ccc2c1=O. The summed E-state index contributed by atoms with van der Waals surface area (Å²) in [7, 11) is 0. The molecule has 0 bridgehead atoms. The van der Waals surface area contributed by atoms with E-state index in [1.807, 2.05) is 32.9 Å². The number of rotatable bonds is 4. The number of furan rings is 1. The second kappa shape index (κ2) is 6.68. The van der Waals surface area contributed by atoms with E-state index in [0.29, 0.717) is 33.5 Å². The summed E-state index contributed by atoms with van der Waals surface area (Å²) in [5.74, 6) is 1.24. The van der Waals surface area contributed by atoms with E-state index in [2.05, 4.69) is 10.3 Å². The third-order valence-corrected chi connectivity index (χ3v) is 4.42. The third-order valence-electron chi connectivity index (χ3n) is 4.10. The average molecular weight is 357 g/mol. The zero-order chi connectivity index (χ0) is 18.1. The van der Waals surface area contributed by atoms with Crippen LogP contribution >= 0.6 is 12.2 Å². The molecule has 0 aliphatic rings. The molecule has 0 saturated carbocycles. The van der Waals surface area contributed by atoms with Crippen molar-refractivity contribution in [1.82, 2.24) is 14.9 Å². The maximum absolute atomic E-state index is 12.5. The molecule has 0 spiro atoms. The molecule has 0 radical (unpaired) electrons. The highest BCUT2D eigenvalue weighted by Crippen LogP contribution is 2.17. The van der Waals surface area contributed by atoms with Gasteiger partial charge in [0.05, 0.1) is 16.9 Å². The van der Waals surface area contributed by atoms with E-state index in [1.54, 1.807) is 18.2 Å². The van der Waals surface area contributed by atoms with Gasteiger partial charge in [-0.2, -0.15) is 0 Å². The van der Waals surface area contributed by atoms with Crippen LogP contribution in [0.5, 0.6) is 0 Å². The summed E-state index contributed by atoms with van der Waals surface area (Å²) < 4.78 is 7.36. The summed E-state index contributed by atoms with van der Waals surface area (Å²) in [5, 5.41) is 3.39. The van der Waals surface area contributed by atoms with Crippen LogP contribution in [0.15, 0.2) is 39.5 Å². The van der Waals surface area contributed by atoms with Crippen LogP contribution in [-0.4, -0.2) is 15.5 Å². The van der Waals surface area contributed by atoms with Crippen molar-refractivity contribution in [3.05, 3.63) is 62.5 Å². The molecule has 2 N–H and O–H groups in total. The second-order valence-electron chi connectivity index (χ2n) is 5.88. The number of hydrogen-bond donors (Lipinski definition) is 2. The van der Waals surface area contributed by atoms with E-state index in [9.17, 15) is 9.59 Å². The minimum Gasteiger partial charge on any atom is -0.464 e. The molecule has 2 aromatic heterocycles. The van der Waals surface area contributed by atoms with Gasteiger partial charge in [0.1, 0.15) is 11.5 Å². The molecule has 1 atom stereocenters. The number of fused-ring (bicyclic) bond motifs is 1. The predicted molar refractivity (Wildman–Crippen MR) is 98.4 cm³/mol. The molecular weight excluding hydrogens is 338 g/mol. The third kappa shape index (κ3) is 3.28. The zero-order valence-corrected chi connectivity index (χ0v) is 15.1. The Balaban J connectivity index is 1.92. The Kier molecular flexibility index (Phi) is 4.59. The highest BCUT2D eigenvalue weighted by atomic mass is 32.1. The first-order valence-corrected chi connectivity index (χ1v) is 8.45. The van der Waals surface area contributed by atoms with Crippen LogP contribution in [0.2, 0.25) is 0 Å². The number of amides is 1. The molecular formula is C18H19N3O3S. The molecule has 0 fully saturated rings. The van der Waals surface area contributed by atoms with Gasteiger partial charge in [0.25, 0.3) is 11.5 Å². The quantitative estimate of drug-likeness (QED) is 0.701. The predicted octanol–water partition coefficient (Wildman–Crippen LogP) is 3.47. The molecule has 1 aromatic carbocycles. The molecule has 1 amide bonds. The van der Waals surface area contributed by atoms with Crippen molar-refractivity contribution in [3.63, 3.8) is 0 Å². The van der Waals surface area contributed by atoms with E-state index < -0.39 is 0 Å². The summed E-state index contributed by atoms with van der Waals surface area (Å²) in [5.41, 5.74) is 0.836. The van der Waals surface area contributed by atoms with Crippen LogP contribution in [0.4, 0.5) is 0 Å². The molecule has 0 aliphatic heterocycles.